The average molecular weight is 442 g/mol. The lowest BCUT2D eigenvalue weighted by molar-refractivity contribution is 0.102. The SMILES string of the molecule is Cc1cc(C(=O)CSc2nnc(-c3ccco3)n2CC(C)C)c(C)n1-c1nccs1. The number of thiazole rings is 1. The Morgan fingerprint density at radius 3 is 2.80 bits per heavy atom. The number of hydrogen-bond acceptors (Lipinski definition) is 7. The molecule has 156 valence electrons. The molecule has 0 bridgehead atoms. The van der Waals surface area contributed by atoms with Gasteiger partial charge in [-0.15, -0.1) is 21.5 Å². The normalized spacial score (nSPS) is 11.5. The van der Waals surface area contributed by atoms with Crippen LogP contribution in [0, 0.1) is 19.8 Å². The van der Waals surface area contributed by atoms with Crippen LogP contribution in [0.5, 0.6) is 0 Å². The van der Waals surface area contributed by atoms with Crippen molar-refractivity contribution in [3.05, 3.63) is 53.0 Å². The molecule has 0 amide bonds. The molecule has 0 radical (unpaired) electrons. The number of nitrogens with zero attached hydrogens (tertiary/aromatic N) is 5. The van der Waals surface area contributed by atoms with Gasteiger partial charge in [0.05, 0.1) is 12.0 Å². The molecule has 4 aromatic heterocycles. The van der Waals surface area contributed by atoms with Gasteiger partial charge in [-0.3, -0.25) is 13.9 Å². The fraction of sp³-hybridized carbons (Fsp3) is 0.333. The Balaban J connectivity index is 1.56. The molecule has 0 saturated carbocycles. The lowest BCUT2D eigenvalue weighted by Gasteiger charge is -2.11. The summed E-state index contributed by atoms with van der Waals surface area (Å²) in [6.07, 6.45) is 3.40. The number of furan rings is 1. The second-order valence-corrected chi connectivity index (χ2v) is 9.25. The molecule has 0 aliphatic carbocycles. The Kier molecular flexibility index (Phi) is 5.92. The summed E-state index contributed by atoms with van der Waals surface area (Å²) >= 11 is 2.96. The van der Waals surface area contributed by atoms with Crippen molar-refractivity contribution in [3.8, 4) is 16.7 Å². The first-order chi connectivity index (χ1) is 14.5. The van der Waals surface area contributed by atoms with Gasteiger partial charge in [0.1, 0.15) is 0 Å². The summed E-state index contributed by atoms with van der Waals surface area (Å²) in [7, 11) is 0. The first-order valence-electron chi connectivity index (χ1n) is 9.67. The zero-order chi connectivity index (χ0) is 21.3. The fourth-order valence-corrected chi connectivity index (χ4v) is 4.97. The third kappa shape index (κ3) is 3.99. The van der Waals surface area contributed by atoms with E-state index in [0.29, 0.717) is 17.5 Å². The Labute approximate surface area is 183 Å². The van der Waals surface area contributed by atoms with E-state index in [1.165, 1.54) is 11.8 Å². The number of carbonyl (C=O) groups excluding carboxylic acids is 1. The van der Waals surface area contributed by atoms with Gasteiger partial charge in [-0.25, -0.2) is 4.98 Å². The molecule has 0 aliphatic heterocycles. The van der Waals surface area contributed by atoms with E-state index in [9.17, 15) is 4.79 Å². The molecule has 30 heavy (non-hydrogen) atoms. The molecular weight excluding hydrogens is 418 g/mol. The number of carbonyl (C=O) groups is 1. The molecule has 0 unspecified atom stereocenters. The van der Waals surface area contributed by atoms with Crippen molar-refractivity contribution in [2.45, 2.75) is 39.4 Å². The van der Waals surface area contributed by atoms with E-state index in [1.807, 2.05) is 46.6 Å². The smallest absolute Gasteiger partial charge is 0.200 e. The third-order valence-corrected chi connectivity index (χ3v) is 6.40. The summed E-state index contributed by atoms with van der Waals surface area (Å²) in [6, 6.07) is 5.64. The standard InChI is InChI=1S/C21H23N5O2S2/c1-13(2)11-25-19(18-6-5-8-28-18)23-24-21(25)30-12-17(27)16-10-14(3)26(15(16)4)20-22-7-9-29-20/h5-10,13H,11-12H2,1-4H3. The minimum atomic E-state index is 0.0644. The van der Waals surface area contributed by atoms with Gasteiger partial charge >= 0.3 is 0 Å². The van der Waals surface area contributed by atoms with Gasteiger partial charge in [0, 0.05) is 35.1 Å². The summed E-state index contributed by atoms with van der Waals surface area (Å²) in [6.45, 7) is 8.98. The Bertz CT molecular complexity index is 1140. The third-order valence-electron chi connectivity index (χ3n) is 4.68. The van der Waals surface area contributed by atoms with Crippen molar-refractivity contribution >= 4 is 28.9 Å². The van der Waals surface area contributed by atoms with Crippen LogP contribution in [-0.2, 0) is 6.54 Å². The zero-order valence-corrected chi connectivity index (χ0v) is 19.0. The van der Waals surface area contributed by atoms with Gasteiger partial charge in [-0.2, -0.15) is 0 Å². The molecule has 0 spiro atoms. The number of ketones is 1. The van der Waals surface area contributed by atoms with E-state index in [0.717, 1.165) is 33.8 Å². The molecule has 0 fully saturated rings. The number of aromatic nitrogens is 5. The monoisotopic (exact) mass is 441 g/mol. The Morgan fingerprint density at radius 1 is 1.30 bits per heavy atom. The van der Waals surface area contributed by atoms with Gasteiger partial charge in [0.15, 0.2) is 27.7 Å². The van der Waals surface area contributed by atoms with Crippen molar-refractivity contribution in [2.24, 2.45) is 5.92 Å². The Morgan fingerprint density at radius 2 is 2.13 bits per heavy atom. The molecule has 0 aromatic carbocycles. The van der Waals surface area contributed by atoms with E-state index in [1.54, 1.807) is 23.8 Å². The van der Waals surface area contributed by atoms with E-state index >= 15 is 0 Å². The molecule has 0 saturated heterocycles. The highest BCUT2D eigenvalue weighted by Gasteiger charge is 2.21. The lowest BCUT2D eigenvalue weighted by atomic mass is 10.2. The highest BCUT2D eigenvalue weighted by molar-refractivity contribution is 7.99. The van der Waals surface area contributed by atoms with Crippen molar-refractivity contribution in [1.29, 1.82) is 0 Å². The average Bonchev–Trinajstić information content (AvgIpc) is 3.47. The summed E-state index contributed by atoms with van der Waals surface area (Å²) in [4.78, 5) is 17.4. The molecule has 7 nitrogen and oxygen atoms in total. The Hall–Kier alpha value is -2.65. The van der Waals surface area contributed by atoms with Crippen LogP contribution in [0.3, 0.4) is 0 Å². The fourth-order valence-electron chi connectivity index (χ4n) is 3.39. The quantitative estimate of drug-likeness (QED) is 0.282. The van der Waals surface area contributed by atoms with E-state index in [4.69, 9.17) is 4.42 Å². The van der Waals surface area contributed by atoms with Crippen LogP contribution in [0.1, 0.15) is 35.6 Å². The molecule has 4 rings (SSSR count). The number of thioether (sulfide) groups is 1. The van der Waals surface area contributed by atoms with Gasteiger partial charge < -0.3 is 4.42 Å². The lowest BCUT2D eigenvalue weighted by Crippen LogP contribution is -2.10. The maximum atomic E-state index is 13.0. The predicted molar refractivity (Wildman–Crippen MR) is 119 cm³/mol. The minimum Gasteiger partial charge on any atom is -0.461 e. The van der Waals surface area contributed by atoms with Gasteiger partial charge in [-0.1, -0.05) is 25.6 Å². The van der Waals surface area contributed by atoms with Crippen molar-refractivity contribution < 1.29 is 9.21 Å². The van der Waals surface area contributed by atoms with Gasteiger partial charge in [0.25, 0.3) is 0 Å². The maximum Gasteiger partial charge on any atom is 0.200 e. The van der Waals surface area contributed by atoms with Crippen LogP contribution in [0.15, 0.2) is 45.6 Å². The van der Waals surface area contributed by atoms with Crippen LogP contribution in [0.25, 0.3) is 16.7 Å². The highest BCUT2D eigenvalue weighted by atomic mass is 32.2. The van der Waals surface area contributed by atoms with Crippen molar-refractivity contribution in [2.75, 3.05) is 5.75 Å². The number of Topliss-reactive ketones (excluding diaryl/α,β-unsaturated/α-hetero) is 1. The summed E-state index contributed by atoms with van der Waals surface area (Å²) in [5, 5.41) is 12.2. The summed E-state index contributed by atoms with van der Waals surface area (Å²) in [5.41, 5.74) is 2.63. The van der Waals surface area contributed by atoms with Crippen LogP contribution in [0.4, 0.5) is 0 Å². The second kappa shape index (κ2) is 8.61. The van der Waals surface area contributed by atoms with Crippen LogP contribution >= 0.6 is 23.1 Å². The van der Waals surface area contributed by atoms with E-state index in [-0.39, 0.29) is 11.5 Å². The van der Waals surface area contributed by atoms with Crippen LogP contribution < -0.4 is 0 Å². The molecular formula is C21H23N5O2S2. The number of rotatable bonds is 8. The number of aryl methyl sites for hydroxylation is 1. The van der Waals surface area contributed by atoms with Gasteiger partial charge in [0.2, 0.25) is 0 Å². The van der Waals surface area contributed by atoms with E-state index in [2.05, 4.69) is 29.0 Å². The van der Waals surface area contributed by atoms with E-state index < -0.39 is 0 Å². The molecule has 9 heteroatoms. The summed E-state index contributed by atoms with van der Waals surface area (Å²) in [5.74, 6) is 2.12. The predicted octanol–water partition coefficient (Wildman–Crippen LogP) is 5.03. The van der Waals surface area contributed by atoms with Gasteiger partial charge in [-0.05, 0) is 38.0 Å². The molecule has 0 N–H and O–H groups in total. The van der Waals surface area contributed by atoms with Crippen molar-refractivity contribution in [3.63, 3.8) is 0 Å². The van der Waals surface area contributed by atoms with Crippen molar-refractivity contribution in [1.82, 2.24) is 24.3 Å². The minimum absolute atomic E-state index is 0.0644. The molecule has 0 atom stereocenters. The second-order valence-electron chi connectivity index (χ2n) is 7.43. The highest BCUT2D eigenvalue weighted by Crippen LogP contribution is 2.28. The zero-order valence-electron chi connectivity index (χ0n) is 17.3. The first-order valence-corrected chi connectivity index (χ1v) is 11.5. The molecule has 4 heterocycles. The maximum absolute atomic E-state index is 13.0. The van der Waals surface area contributed by atoms with Crippen LogP contribution in [-0.4, -0.2) is 35.9 Å². The molecule has 0 aliphatic rings. The topological polar surface area (TPSA) is 78.7 Å². The summed E-state index contributed by atoms with van der Waals surface area (Å²) < 4.78 is 9.56. The molecule has 4 aromatic rings. The van der Waals surface area contributed by atoms with Crippen LogP contribution in [0.2, 0.25) is 0 Å². The largest absolute Gasteiger partial charge is 0.461 e. The number of hydrogen-bond donors (Lipinski definition) is 0. The first kappa shape index (κ1) is 20.6.